The number of nitrogens with one attached hydrogen (secondary N) is 1. The molecule has 0 bridgehead atoms. The van der Waals surface area contributed by atoms with E-state index in [1.54, 1.807) is 24.3 Å². The molecule has 1 aliphatic rings. The molecule has 0 saturated carbocycles. The summed E-state index contributed by atoms with van der Waals surface area (Å²) in [4.78, 5) is 4.90. The first-order chi connectivity index (χ1) is 14.5. The highest BCUT2D eigenvalue weighted by Crippen LogP contribution is 2.36. The van der Waals surface area contributed by atoms with Crippen molar-refractivity contribution in [1.82, 2.24) is 5.32 Å². The smallest absolute Gasteiger partial charge is 0.126 e. The van der Waals surface area contributed by atoms with Crippen LogP contribution >= 0.6 is 15.9 Å². The molecule has 4 nitrogen and oxygen atoms in total. The second kappa shape index (κ2) is 8.98. The molecule has 0 spiro atoms. The van der Waals surface area contributed by atoms with Crippen molar-refractivity contribution in [2.24, 2.45) is 4.99 Å². The molecule has 30 heavy (non-hydrogen) atoms. The van der Waals surface area contributed by atoms with Crippen molar-refractivity contribution in [2.75, 3.05) is 6.61 Å². The van der Waals surface area contributed by atoms with Gasteiger partial charge in [-0.15, -0.1) is 0 Å². The average molecular weight is 469 g/mol. The summed E-state index contributed by atoms with van der Waals surface area (Å²) >= 11 is 3.49. The van der Waals surface area contributed by atoms with Crippen LogP contribution in [0.2, 0.25) is 0 Å². The number of phenolic OH excluding ortho intramolecular Hbond substituents is 1. The van der Waals surface area contributed by atoms with Crippen LogP contribution in [0.1, 0.15) is 42.2 Å². The molecule has 0 saturated heterocycles. The van der Waals surface area contributed by atoms with E-state index in [4.69, 9.17) is 9.73 Å². The van der Waals surface area contributed by atoms with E-state index in [0.29, 0.717) is 13.0 Å². The lowest BCUT2D eigenvalue weighted by molar-refractivity contribution is 0.340. The van der Waals surface area contributed by atoms with Crippen LogP contribution in [0.4, 0.5) is 4.39 Å². The Morgan fingerprint density at radius 3 is 2.53 bits per heavy atom. The van der Waals surface area contributed by atoms with Gasteiger partial charge in [-0.2, -0.15) is 0 Å². The van der Waals surface area contributed by atoms with Gasteiger partial charge in [0.1, 0.15) is 23.5 Å². The first kappa shape index (κ1) is 20.6. The third-order valence-electron chi connectivity index (χ3n) is 5.09. The van der Waals surface area contributed by atoms with Gasteiger partial charge in [-0.3, -0.25) is 10.3 Å². The molecule has 4 rings (SSSR count). The van der Waals surface area contributed by atoms with E-state index in [1.807, 2.05) is 37.3 Å². The lowest BCUT2D eigenvalue weighted by atomic mass is 9.93. The minimum atomic E-state index is -0.357. The maximum absolute atomic E-state index is 13.4. The Hall–Kier alpha value is -2.70. The van der Waals surface area contributed by atoms with E-state index in [2.05, 4.69) is 21.2 Å². The number of nitrogens with zero attached hydrogens (tertiary/aromatic N) is 1. The van der Waals surface area contributed by atoms with Crippen LogP contribution in [0.5, 0.6) is 11.5 Å². The fraction of sp³-hybridized carbons (Fsp3) is 0.208. The molecule has 0 unspecified atom stereocenters. The molecule has 0 aromatic heterocycles. The maximum Gasteiger partial charge on any atom is 0.126 e. The van der Waals surface area contributed by atoms with E-state index in [1.165, 1.54) is 12.1 Å². The lowest BCUT2D eigenvalue weighted by Crippen LogP contribution is -2.33. The van der Waals surface area contributed by atoms with Crippen LogP contribution < -0.4 is 10.1 Å². The molecule has 2 atom stereocenters. The Labute approximate surface area is 183 Å². The molecule has 0 aliphatic carbocycles. The summed E-state index contributed by atoms with van der Waals surface area (Å²) in [6, 6.07) is 19.4. The minimum Gasteiger partial charge on any atom is -0.508 e. The summed E-state index contributed by atoms with van der Waals surface area (Å²) < 4.78 is 19.9. The summed E-state index contributed by atoms with van der Waals surface area (Å²) in [6.07, 6.45) is 0.250. The van der Waals surface area contributed by atoms with Crippen molar-refractivity contribution in [3.8, 4) is 11.5 Å². The Bertz CT molecular complexity index is 1050. The lowest BCUT2D eigenvalue weighted by Gasteiger charge is -2.31. The SMILES string of the molecule is CCOc1ccc(C2=N[C@@H](c3ccc(F)cc3)N[C@H](c3cc(Br)ccc3O)C2)cc1. The Kier molecular flexibility index (Phi) is 6.16. The van der Waals surface area contributed by atoms with E-state index in [0.717, 1.165) is 32.6 Å². The summed E-state index contributed by atoms with van der Waals surface area (Å²) in [5, 5.41) is 14.0. The van der Waals surface area contributed by atoms with Crippen LogP contribution in [0.3, 0.4) is 0 Å². The zero-order valence-corrected chi connectivity index (χ0v) is 18.1. The van der Waals surface area contributed by atoms with Crippen molar-refractivity contribution < 1.29 is 14.2 Å². The molecule has 2 N–H and O–H groups in total. The normalized spacial score (nSPS) is 18.7. The van der Waals surface area contributed by atoms with Crippen molar-refractivity contribution in [1.29, 1.82) is 0 Å². The topological polar surface area (TPSA) is 53.8 Å². The molecule has 3 aromatic rings. The molecule has 1 aliphatic heterocycles. The largest absolute Gasteiger partial charge is 0.508 e. The third-order valence-corrected chi connectivity index (χ3v) is 5.58. The van der Waals surface area contributed by atoms with Gasteiger partial charge in [0.25, 0.3) is 0 Å². The van der Waals surface area contributed by atoms with Gasteiger partial charge in [-0.05, 0) is 72.6 Å². The molecule has 154 valence electrons. The number of phenols is 1. The van der Waals surface area contributed by atoms with E-state index in [9.17, 15) is 9.50 Å². The van der Waals surface area contributed by atoms with Crippen LogP contribution in [-0.4, -0.2) is 17.4 Å². The van der Waals surface area contributed by atoms with Gasteiger partial charge < -0.3 is 9.84 Å². The van der Waals surface area contributed by atoms with Crippen LogP contribution in [-0.2, 0) is 0 Å². The Morgan fingerprint density at radius 1 is 1.10 bits per heavy atom. The number of aromatic hydroxyl groups is 1. The van der Waals surface area contributed by atoms with Gasteiger partial charge in [0, 0.05) is 28.2 Å². The predicted molar refractivity (Wildman–Crippen MR) is 120 cm³/mol. The summed E-state index contributed by atoms with van der Waals surface area (Å²) in [5.41, 5.74) is 3.55. The van der Waals surface area contributed by atoms with E-state index < -0.39 is 0 Å². The maximum atomic E-state index is 13.4. The monoisotopic (exact) mass is 468 g/mol. The van der Waals surface area contributed by atoms with Gasteiger partial charge in [0.05, 0.1) is 6.61 Å². The zero-order chi connectivity index (χ0) is 21.1. The quantitative estimate of drug-likeness (QED) is 0.488. The third kappa shape index (κ3) is 4.55. The highest BCUT2D eigenvalue weighted by atomic mass is 79.9. The standard InChI is InChI=1S/C24H22BrFN2O2/c1-2-30-19-10-5-15(6-11-19)21-14-22(20-13-17(25)7-12-23(20)29)28-24(27-21)16-3-8-18(26)9-4-16/h3-13,22,24,28-29H,2,14H2,1H3/t22-,24+/m0/s1. The molecule has 0 amide bonds. The second-order valence-corrected chi connectivity index (χ2v) is 8.03. The van der Waals surface area contributed by atoms with Gasteiger partial charge >= 0.3 is 0 Å². The van der Waals surface area contributed by atoms with Gasteiger partial charge in [-0.1, -0.05) is 28.1 Å². The Balaban J connectivity index is 1.72. The molecule has 3 aromatic carbocycles. The van der Waals surface area contributed by atoms with E-state index in [-0.39, 0.29) is 23.8 Å². The molecule has 6 heteroatoms. The minimum absolute atomic E-state index is 0.156. The highest BCUT2D eigenvalue weighted by Gasteiger charge is 2.28. The van der Waals surface area contributed by atoms with Gasteiger partial charge in [0.2, 0.25) is 0 Å². The van der Waals surface area contributed by atoms with Crippen LogP contribution in [0, 0.1) is 5.82 Å². The molecular weight excluding hydrogens is 447 g/mol. The summed E-state index contributed by atoms with van der Waals surface area (Å²) in [7, 11) is 0. The van der Waals surface area contributed by atoms with Crippen molar-refractivity contribution in [3.63, 3.8) is 0 Å². The van der Waals surface area contributed by atoms with Crippen molar-refractivity contribution in [2.45, 2.75) is 25.6 Å². The number of ether oxygens (including phenoxy) is 1. The molecule has 1 heterocycles. The van der Waals surface area contributed by atoms with Crippen LogP contribution in [0.25, 0.3) is 0 Å². The number of rotatable bonds is 5. The summed E-state index contributed by atoms with van der Waals surface area (Å²) in [6.45, 7) is 2.56. The number of hydrogen-bond donors (Lipinski definition) is 2. The van der Waals surface area contributed by atoms with Gasteiger partial charge in [-0.25, -0.2) is 4.39 Å². The van der Waals surface area contributed by atoms with Crippen molar-refractivity contribution >= 4 is 21.6 Å². The number of aliphatic imine (C=N–C) groups is 1. The average Bonchev–Trinajstić information content (AvgIpc) is 2.76. The number of hydrogen-bond acceptors (Lipinski definition) is 4. The zero-order valence-electron chi connectivity index (χ0n) is 16.5. The molecular formula is C24H22BrFN2O2. The fourth-order valence-electron chi connectivity index (χ4n) is 3.61. The number of benzene rings is 3. The predicted octanol–water partition coefficient (Wildman–Crippen LogP) is 5.92. The second-order valence-electron chi connectivity index (χ2n) is 7.11. The first-order valence-electron chi connectivity index (χ1n) is 9.83. The highest BCUT2D eigenvalue weighted by molar-refractivity contribution is 9.10. The molecule has 0 fully saturated rings. The van der Waals surface area contributed by atoms with Gasteiger partial charge in [0.15, 0.2) is 0 Å². The van der Waals surface area contributed by atoms with Crippen LogP contribution in [0.15, 0.2) is 76.2 Å². The first-order valence-corrected chi connectivity index (χ1v) is 10.6. The van der Waals surface area contributed by atoms with E-state index >= 15 is 0 Å². The number of halogens is 2. The van der Waals surface area contributed by atoms with Crippen molar-refractivity contribution in [3.05, 3.63) is 93.7 Å². The molecule has 0 radical (unpaired) electrons. The fourth-order valence-corrected chi connectivity index (χ4v) is 3.99. The Morgan fingerprint density at radius 2 is 1.83 bits per heavy atom. The summed E-state index contributed by atoms with van der Waals surface area (Å²) in [5.74, 6) is 0.750.